The molecule has 0 atom stereocenters. The van der Waals surface area contributed by atoms with Gasteiger partial charge in [-0.3, -0.25) is 4.79 Å². The summed E-state index contributed by atoms with van der Waals surface area (Å²) < 4.78 is 7.20. The number of rotatable bonds is 4. The number of aromatic nitrogens is 4. The van der Waals surface area contributed by atoms with Crippen molar-refractivity contribution in [2.75, 3.05) is 0 Å². The second kappa shape index (κ2) is 7.68. The average molecular weight is 455 g/mol. The molecule has 0 spiro atoms. The largest absolute Gasteiger partial charge is 0.454 e. The Labute approximate surface area is 184 Å². The van der Waals surface area contributed by atoms with Crippen LogP contribution in [0.4, 0.5) is 0 Å². The van der Waals surface area contributed by atoms with E-state index in [-0.39, 0.29) is 5.56 Å². The Morgan fingerprint density at radius 3 is 2.27 bits per heavy atom. The Morgan fingerprint density at radius 2 is 1.53 bits per heavy atom. The lowest BCUT2D eigenvalue weighted by atomic mass is 10.1. The summed E-state index contributed by atoms with van der Waals surface area (Å²) in [6.07, 6.45) is 0.347. The van der Waals surface area contributed by atoms with Crippen LogP contribution in [-0.4, -0.2) is 19.8 Å². The van der Waals surface area contributed by atoms with Gasteiger partial charge in [-0.1, -0.05) is 46.7 Å². The van der Waals surface area contributed by atoms with Crippen molar-refractivity contribution in [2.24, 2.45) is 0 Å². The zero-order valence-corrected chi connectivity index (χ0v) is 17.6. The first-order valence-corrected chi connectivity index (χ1v) is 10.5. The molecular formula is C21H12Cl2N4O2S. The number of hydrogen-bond acceptors (Lipinski definition) is 6. The molecule has 0 saturated carbocycles. The molecule has 2 aromatic carbocycles. The van der Waals surface area contributed by atoms with Crippen LogP contribution in [-0.2, 0) is 6.42 Å². The molecule has 0 aliphatic rings. The lowest BCUT2D eigenvalue weighted by Crippen LogP contribution is -2.22. The van der Waals surface area contributed by atoms with Crippen LogP contribution in [0.25, 0.3) is 27.1 Å². The average Bonchev–Trinajstić information content (AvgIpc) is 3.40. The standard InChI is InChI=1S/C21H12Cl2N4O2S/c22-14-5-1-12(2-6-14)11-16-20(28)27-21(25-24-16)30-19(26-27)18-10-9-17(29-18)13-3-7-15(23)8-4-13/h1-10H,11H2. The SMILES string of the molecule is O=c1c(Cc2ccc(Cl)cc2)nnc2sc(-c3ccc(-c4ccc(Cl)cc4)o3)nn12. The molecule has 0 bridgehead atoms. The first-order valence-electron chi connectivity index (χ1n) is 8.93. The molecule has 0 radical (unpaired) electrons. The van der Waals surface area contributed by atoms with E-state index in [0.29, 0.717) is 43.6 Å². The Morgan fingerprint density at radius 1 is 0.867 bits per heavy atom. The first-order chi connectivity index (χ1) is 14.6. The van der Waals surface area contributed by atoms with Crippen LogP contribution in [0.2, 0.25) is 10.0 Å². The van der Waals surface area contributed by atoms with Crippen LogP contribution < -0.4 is 5.56 Å². The van der Waals surface area contributed by atoms with Crippen molar-refractivity contribution in [2.45, 2.75) is 6.42 Å². The van der Waals surface area contributed by atoms with Crippen molar-refractivity contribution in [3.8, 4) is 22.1 Å². The monoisotopic (exact) mass is 454 g/mol. The molecule has 3 aromatic heterocycles. The minimum Gasteiger partial charge on any atom is -0.454 e. The van der Waals surface area contributed by atoms with Gasteiger partial charge in [-0.15, -0.1) is 15.3 Å². The number of nitrogens with zero attached hydrogens (tertiary/aromatic N) is 4. The summed E-state index contributed by atoms with van der Waals surface area (Å²) in [5.74, 6) is 1.23. The molecule has 0 fully saturated rings. The van der Waals surface area contributed by atoms with Gasteiger partial charge in [0.05, 0.1) is 0 Å². The fourth-order valence-corrected chi connectivity index (χ4v) is 4.02. The molecule has 9 heteroatoms. The topological polar surface area (TPSA) is 73.3 Å². The summed E-state index contributed by atoms with van der Waals surface area (Å²) >= 11 is 13.1. The van der Waals surface area contributed by atoms with Crippen LogP contribution in [0.3, 0.4) is 0 Å². The fourth-order valence-electron chi connectivity index (χ4n) is 2.98. The van der Waals surface area contributed by atoms with Crippen LogP contribution in [0.15, 0.2) is 69.9 Å². The van der Waals surface area contributed by atoms with Gasteiger partial charge < -0.3 is 4.42 Å². The number of benzene rings is 2. The lowest BCUT2D eigenvalue weighted by molar-refractivity contribution is 0.595. The number of hydrogen-bond donors (Lipinski definition) is 0. The molecule has 148 valence electrons. The van der Waals surface area contributed by atoms with Crippen molar-refractivity contribution < 1.29 is 4.42 Å². The summed E-state index contributed by atoms with van der Waals surface area (Å²) in [7, 11) is 0. The Balaban J connectivity index is 1.48. The van der Waals surface area contributed by atoms with Crippen molar-refractivity contribution in [3.63, 3.8) is 0 Å². The van der Waals surface area contributed by atoms with Crippen molar-refractivity contribution >= 4 is 39.5 Å². The first kappa shape index (κ1) is 19.0. The minimum absolute atomic E-state index is 0.304. The number of halogens is 2. The van der Waals surface area contributed by atoms with Gasteiger partial charge in [0.15, 0.2) is 10.8 Å². The molecule has 3 heterocycles. The van der Waals surface area contributed by atoms with E-state index in [2.05, 4.69) is 15.3 Å². The zero-order chi connectivity index (χ0) is 20.7. The van der Waals surface area contributed by atoms with Gasteiger partial charge in [-0.05, 0) is 54.1 Å². The molecule has 0 aliphatic carbocycles. The smallest absolute Gasteiger partial charge is 0.297 e. The fraction of sp³-hybridized carbons (Fsp3) is 0.0476. The highest BCUT2D eigenvalue weighted by Crippen LogP contribution is 2.31. The number of furan rings is 1. The van der Waals surface area contributed by atoms with Crippen LogP contribution >= 0.6 is 34.5 Å². The van der Waals surface area contributed by atoms with E-state index in [1.54, 1.807) is 24.3 Å². The molecule has 0 unspecified atom stereocenters. The van der Waals surface area contributed by atoms with E-state index in [9.17, 15) is 4.79 Å². The zero-order valence-electron chi connectivity index (χ0n) is 15.3. The van der Waals surface area contributed by atoms with Crippen molar-refractivity contribution in [1.82, 2.24) is 19.8 Å². The van der Waals surface area contributed by atoms with Gasteiger partial charge in [0.25, 0.3) is 5.56 Å². The Kier molecular flexibility index (Phi) is 4.86. The van der Waals surface area contributed by atoms with E-state index in [1.165, 1.54) is 15.9 Å². The third-order valence-electron chi connectivity index (χ3n) is 4.49. The van der Waals surface area contributed by atoms with Crippen LogP contribution in [0, 0.1) is 0 Å². The van der Waals surface area contributed by atoms with E-state index >= 15 is 0 Å². The predicted octanol–water partition coefficient (Wildman–Crippen LogP) is 5.37. The molecule has 0 saturated heterocycles. The van der Waals surface area contributed by atoms with Gasteiger partial charge in [0, 0.05) is 22.0 Å². The van der Waals surface area contributed by atoms with Crippen LogP contribution in [0.1, 0.15) is 11.3 Å². The summed E-state index contributed by atoms with van der Waals surface area (Å²) in [6, 6.07) is 18.3. The van der Waals surface area contributed by atoms with E-state index in [0.717, 1.165) is 11.1 Å². The molecule has 30 heavy (non-hydrogen) atoms. The molecule has 0 amide bonds. The van der Waals surface area contributed by atoms with Gasteiger partial charge in [-0.2, -0.15) is 4.52 Å². The van der Waals surface area contributed by atoms with Gasteiger partial charge in [0.2, 0.25) is 4.96 Å². The van der Waals surface area contributed by atoms with Crippen molar-refractivity contribution in [1.29, 1.82) is 0 Å². The highest BCUT2D eigenvalue weighted by atomic mass is 35.5. The molecule has 5 rings (SSSR count). The second-order valence-electron chi connectivity index (χ2n) is 6.53. The second-order valence-corrected chi connectivity index (χ2v) is 8.36. The molecule has 0 aliphatic heterocycles. The maximum atomic E-state index is 12.8. The summed E-state index contributed by atoms with van der Waals surface area (Å²) in [5, 5.41) is 14.5. The molecule has 0 N–H and O–H groups in total. The Hall–Kier alpha value is -3.00. The highest BCUT2D eigenvalue weighted by molar-refractivity contribution is 7.19. The van der Waals surface area contributed by atoms with Gasteiger partial charge in [0.1, 0.15) is 11.5 Å². The molecule has 6 nitrogen and oxygen atoms in total. The third-order valence-corrected chi connectivity index (χ3v) is 5.90. The van der Waals surface area contributed by atoms with E-state index in [4.69, 9.17) is 27.6 Å². The van der Waals surface area contributed by atoms with Gasteiger partial charge >= 0.3 is 0 Å². The normalized spacial score (nSPS) is 11.3. The summed E-state index contributed by atoms with van der Waals surface area (Å²) in [6.45, 7) is 0. The van der Waals surface area contributed by atoms with E-state index < -0.39 is 0 Å². The summed E-state index contributed by atoms with van der Waals surface area (Å²) in [5.41, 5.74) is 1.82. The Bertz CT molecular complexity index is 1410. The van der Waals surface area contributed by atoms with Crippen LogP contribution in [0.5, 0.6) is 0 Å². The quantitative estimate of drug-likeness (QED) is 0.364. The predicted molar refractivity (Wildman–Crippen MR) is 117 cm³/mol. The maximum Gasteiger partial charge on any atom is 0.297 e. The summed E-state index contributed by atoms with van der Waals surface area (Å²) in [4.78, 5) is 13.2. The maximum absolute atomic E-state index is 12.8. The van der Waals surface area contributed by atoms with Gasteiger partial charge in [-0.25, -0.2) is 0 Å². The highest BCUT2D eigenvalue weighted by Gasteiger charge is 2.16. The lowest BCUT2D eigenvalue weighted by Gasteiger charge is -2.00. The number of fused-ring (bicyclic) bond motifs is 1. The van der Waals surface area contributed by atoms with Crippen molar-refractivity contribution in [3.05, 3.63) is 92.3 Å². The molecule has 5 aromatic rings. The minimum atomic E-state index is -0.304. The van der Waals surface area contributed by atoms with E-state index in [1.807, 2.05) is 36.4 Å². The molecular weight excluding hydrogens is 443 g/mol. The third kappa shape index (κ3) is 3.63.